The normalized spacial score (nSPS) is 17.8. The van der Waals surface area contributed by atoms with Crippen LogP contribution in [0.1, 0.15) is 39.2 Å². The van der Waals surface area contributed by atoms with E-state index in [9.17, 15) is 4.39 Å². The predicted molar refractivity (Wildman–Crippen MR) is 130 cm³/mol. The van der Waals surface area contributed by atoms with E-state index in [-0.39, 0.29) is 0 Å². The summed E-state index contributed by atoms with van der Waals surface area (Å²) >= 11 is 0. The zero-order valence-electron chi connectivity index (χ0n) is 19.1. The molecule has 2 unspecified atom stereocenters. The summed E-state index contributed by atoms with van der Waals surface area (Å²) in [6, 6.07) is 7.90. The zero-order valence-corrected chi connectivity index (χ0v) is 20.2. The molecule has 0 aliphatic carbocycles. The Balaban J connectivity index is 1.59. The Hall–Kier alpha value is -1.29. The van der Waals surface area contributed by atoms with E-state index < -0.39 is 5.41 Å². The molecule has 0 spiro atoms. The largest absolute Gasteiger partial charge is 0.371 e. The van der Waals surface area contributed by atoms with Gasteiger partial charge in [0, 0.05) is 50.0 Å². The van der Waals surface area contributed by atoms with E-state index >= 15 is 0 Å². The topological polar surface area (TPSA) is 22.6 Å². The highest BCUT2D eigenvalue weighted by atomic mass is 31.0. The lowest BCUT2D eigenvalue weighted by Crippen LogP contribution is -2.40. The quantitative estimate of drug-likeness (QED) is 0.534. The third kappa shape index (κ3) is 5.90. The molecule has 1 aliphatic heterocycles. The molecule has 0 bridgehead atoms. The molecule has 2 atom stereocenters. The summed E-state index contributed by atoms with van der Waals surface area (Å²) in [5, 5.41) is -0.313. The molecule has 6 heteroatoms. The smallest absolute Gasteiger partial charge is 0.145 e. The molecule has 1 aromatic heterocycles. The number of aromatic nitrogens is 1. The molecule has 2 aromatic rings. The number of likely N-dealkylation sites (N-methyl/N-ethyl adjacent to an activating group) is 2. The molecule has 0 saturated carbocycles. The lowest BCUT2D eigenvalue weighted by molar-refractivity contribution is 0.207. The first kappa shape index (κ1) is 23.4. The number of alkyl halides is 1. The fourth-order valence-corrected chi connectivity index (χ4v) is 4.63. The van der Waals surface area contributed by atoms with Crippen molar-refractivity contribution in [3.05, 3.63) is 36.0 Å². The first-order chi connectivity index (χ1) is 14.3. The summed E-state index contributed by atoms with van der Waals surface area (Å²) in [6.45, 7) is 13.9. The molecule has 1 fully saturated rings. The van der Waals surface area contributed by atoms with Gasteiger partial charge in [-0.05, 0) is 63.5 Å². The van der Waals surface area contributed by atoms with Gasteiger partial charge in [-0.25, -0.2) is 4.39 Å². The van der Waals surface area contributed by atoms with Crippen LogP contribution in [-0.2, 0) is 5.41 Å². The summed E-state index contributed by atoms with van der Waals surface area (Å²) in [4.78, 5) is 12.0. The molecule has 3 rings (SSSR count). The van der Waals surface area contributed by atoms with Gasteiger partial charge in [0.2, 0.25) is 0 Å². The summed E-state index contributed by atoms with van der Waals surface area (Å²) in [6.07, 6.45) is 4.28. The second kappa shape index (κ2) is 10.3. The number of hydrogen-bond donors (Lipinski definition) is 0. The Bertz CT molecular complexity index is 810. The first-order valence-electron chi connectivity index (χ1n) is 11.3. The molecule has 1 aliphatic rings. The summed E-state index contributed by atoms with van der Waals surface area (Å²) in [5.41, 5.74) is 2.75. The number of hydrogen-bond acceptors (Lipinski definition) is 4. The Kier molecular flexibility index (Phi) is 8.06. The maximum absolute atomic E-state index is 14.3. The van der Waals surface area contributed by atoms with Crippen LogP contribution in [-0.4, -0.2) is 67.6 Å². The molecule has 166 valence electrons. The molecule has 0 N–H and O–H groups in total. The molecule has 30 heavy (non-hydrogen) atoms. The molecule has 1 saturated heterocycles. The lowest BCUT2D eigenvalue weighted by Gasteiger charge is -2.36. The third-order valence-corrected chi connectivity index (χ3v) is 6.83. The van der Waals surface area contributed by atoms with Crippen molar-refractivity contribution in [2.24, 2.45) is 5.92 Å². The summed E-state index contributed by atoms with van der Waals surface area (Å²) in [5.74, 6) is 0.756. The second-order valence-corrected chi connectivity index (χ2v) is 9.94. The second-order valence-electron chi connectivity index (χ2n) is 8.86. The minimum Gasteiger partial charge on any atom is -0.371 e. The van der Waals surface area contributed by atoms with Crippen LogP contribution in [0.3, 0.4) is 0 Å². The lowest BCUT2D eigenvalue weighted by atomic mass is 9.95. The minimum absolute atomic E-state index is 0.649. The molecular formula is C24H38FN4P. The average molecular weight is 433 g/mol. The number of fused-ring (bicyclic) bond motifs is 1. The molecule has 2 heterocycles. The van der Waals surface area contributed by atoms with E-state index in [4.69, 9.17) is 0 Å². The van der Waals surface area contributed by atoms with E-state index in [2.05, 4.69) is 55.9 Å². The summed E-state index contributed by atoms with van der Waals surface area (Å²) in [7, 11) is 4.53. The monoisotopic (exact) mass is 432 g/mol. The minimum atomic E-state index is -1.43. The molecule has 0 radical (unpaired) electrons. The van der Waals surface area contributed by atoms with Crippen molar-refractivity contribution in [3.63, 3.8) is 0 Å². The van der Waals surface area contributed by atoms with E-state index in [0.717, 1.165) is 56.1 Å². The van der Waals surface area contributed by atoms with Gasteiger partial charge >= 0.3 is 0 Å². The van der Waals surface area contributed by atoms with Gasteiger partial charge in [0.1, 0.15) is 5.41 Å². The van der Waals surface area contributed by atoms with E-state index in [0.29, 0.717) is 5.56 Å². The molecule has 1 aromatic carbocycles. The van der Waals surface area contributed by atoms with Gasteiger partial charge in [-0.15, -0.1) is 0 Å². The van der Waals surface area contributed by atoms with Crippen molar-refractivity contribution in [3.8, 4) is 0 Å². The van der Waals surface area contributed by atoms with Crippen molar-refractivity contribution >= 4 is 25.8 Å². The number of rotatable bonds is 9. The standard InChI is InChI=1S/C24H38FN4P/c1-5-28(6-2)16-15-27(4)18-19-10-13-29(14-11-19)23-9-12-26-22-17-20(24(3,25)30)7-8-21(22)23/h7-9,12,17,19H,5-6,10-11,13-16,18,30H2,1-4H3. The van der Waals surface area contributed by atoms with Crippen molar-refractivity contribution < 1.29 is 4.39 Å². The maximum Gasteiger partial charge on any atom is 0.145 e. The van der Waals surface area contributed by atoms with Crippen LogP contribution in [0.5, 0.6) is 0 Å². The number of anilines is 1. The summed E-state index contributed by atoms with van der Waals surface area (Å²) < 4.78 is 14.3. The first-order valence-corrected chi connectivity index (χ1v) is 11.9. The van der Waals surface area contributed by atoms with Crippen LogP contribution in [0.15, 0.2) is 30.5 Å². The Labute approximate surface area is 184 Å². The Morgan fingerprint density at radius 3 is 2.50 bits per heavy atom. The molecule has 4 nitrogen and oxygen atoms in total. The number of benzene rings is 1. The van der Waals surface area contributed by atoms with Gasteiger partial charge < -0.3 is 14.7 Å². The highest BCUT2D eigenvalue weighted by molar-refractivity contribution is 7.18. The van der Waals surface area contributed by atoms with Crippen molar-refractivity contribution in [2.75, 3.05) is 57.8 Å². The van der Waals surface area contributed by atoms with Gasteiger partial charge in [0.15, 0.2) is 0 Å². The van der Waals surface area contributed by atoms with Gasteiger partial charge in [0.25, 0.3) is 0 Å². The van der Waals surface area contributed by atoms with E-state index in [1.165, 1.54) is 25.1 Å². The van der Waals surface area contributed by atoms with Crippen LogP contribution in [0.4, 0.5) is 10.1 Å². The van der Waals surface area contributed by atoms with Crippen LogP contribution in [0.25, 0.3) is 10.9 Å². The van der Waals surface area contributed by atoms with Gasteiger partial charge in [-0.2, -0.15) is 0 Å². The Morgan fingerprint density at radius 1 is 1.17 bits per heavy atom. The number of piperidine rings is 1. The van der Waals surface area contributed by atoms with Crippen molar-refractivity contribution in [1.82, 2.24) is 14.8 Å². The number of pyridine rings is 1. The zero-order chi connectivity index (χ0) is 21.7. The van der Waals surface area contributed by atoms with Crippen LogP contribution in [0, 0.1) is 5.92 Å². The van der Waals surface area contributed by atoms with Crippen LogP contribution < -0.4 is 4.90 Å². The van der Waals surface area contributed by atoms with Gasteiger partial charge in [-0.3, -0.25) is 4.98 Å². The van der Waals surface area contributed by atoms with Crippen molar-refractivity contribution in [2.45, 2.75) is 39.0 Å². The number of halogens is 1. The maximum atomic E-state index is 14.3. The van der Waals surface area contributed by atoms with Crippen LogP contribution >= 0.6 is 9.24 Å². The Morgan fingerprint density at radius 2 is 1.87 bits per heavy atom. The molecule has 0 amide bonds. The fraction of sp³-hybridized carbons (Fsp3) is 0.625. The number of nitrogens with zero attached hydrogens (tertiary/aromatic N) is 4. The highest BCUT2D eigenvalue weighted by Crippen LogP contribution is 2.36. The SMILES string of the molecule is CCN(CC)CCN(C)CC1CCN(c2ccnc3cc(C(C)(F)P)ccc23)CC1. The fourth-order valence-electron chi connectivity index (χ4n) is 4.45. The van der Waals surface area contributed by atoms with Crippen LogP contribution in [0.2, 0.25) is 0 Å². The highest BCUT2D eigenvalue weighted by Gasteiger charge is 2.23. The average Bonchev–Trinajstić information content (AvgIpc) is 2.73. The van der Waals surface area contributed by atoms with E-state index in [1.807, 2.05) is 24.4 Å². The van der Waals surface area contributed by atoms with Gasteiger partial charge in [0.05, 0.1) is 5.52 Å². The van der Waals surface area contributed by atoms with Gasteiger partial charge in [-0.1, -0.05) is 35.2 Å². The van der Waals surface area contributed by atoms with Crippen molar-refractivity contribution in [1.29, 1.82) is 0 Å². The molecular weight excluding hydrogens is 394 g/mol. The predicted octanol–water partition coefficient (Wildman–Crippen LogP) is 4.74. The van der Waals surface area contributed by atoms with E-state index in [1.54, 1.807) is 6.92 Å². The third-order valence-electron chi connectivity index (χ3n) is 6.50.